The molecule has 0 amide bonds. The lowest BCUT2D eigenvalue weighted by atomic mass is 9.96. The molecule has 7 rings (SSSR count). The highest BCUT2D eigenvalue weighted by Gasteiger charge is 2.19. The maximum absolute atomic E-state index is 6.48. The Morgan fingerprint density at radius 3 is 2.24 bits per heavy atom. The van der Waals surface area contributed by atoms with Crippen molar-refractivity contribution in [1.82, 2.24) is 4.57 Å². The van der Waals surface area contributed by atoms with E-state index in [0.717, 1.165) is 29.6 Å². The summed E-state index contributed by atoms with van der Waals surface area (Å²) in [6.45, 7) is 2.17. The van der Waals surface area contributed by atoms with Crippen molar-refractivity contribution >= 4 is 49.3 Å². The molecular weight excluding hydrogens is 402 g/mol. The summed E-state index contributed by atoms with van der Waals surface area (Å²) < 4.78 is 8.88. The molecule has 0 aliphatic heterocycles. The van der Waals surface area contributed by atoms with Crippen molar-refractivity contribution in [3.05, 3.63) is 108 Å². The Balaban J connectivity index is 1.66. The standard InChI is InChI=1S/C31H23NO/c1-20-10-9-17-29-30(20)26-19-22(18-25(31(26)33-29)21-11-3-2-4-12-21)32-27-15-7-5-13-23(27)24-14-6-8-16-28(24)32/h3,5-19H,2,4H2,1H3. The molecule has 6 aromatic rings. The van der Waals surface area contributed by atoms with Crippen LogP contribution in [0.4, 0.5) is 0 Å². The van der Waals surface area contributed by atoms with Gasteiger partial charge in [-0.25, -0.2) is 0 Å². The molecule has 2 nitrogen and oxygen atoms in total. The maximum Gasteiger partial charge on any atom is 0.143 e. The van der Waals surface area contributed by atoms with Crippen LogP contribution in [-0.4, -0.2) is 4.57 Å². The number of hydrogen-bond acceptors (Lipinski definition) is 1. The third-order valence-electron chi connectivity index (χ3n) is 6.93. The number of aryl methyl sites for hydroxylation is 1. The van der Waals surface area contributed by atoms with E-state index < -0.39 is 0 Å². The predicted octanol–water partition coefficient (Wildman–Crippen LogP) is 8.72. The molecule has 0 radical (unpaired) electrons. The summed E-state index contributed by atoms with van der Waals surface area (Å²) in [5, 5.41) is 4.94. The summed E-state index contributed by atoms with van der Waals surface area (Å²) in [6, 6.07) is 28.3. The van der Waals surface area contributed by atoms with Gasteiger partial charge in [0.15, 0.2) is 0 Å². The van der Waals surface area contributed by atoms with E-state index in [2.05, 4.69) is 109 Å². The second-order valence-electron chi connectivity index (χ2n) is 8.93. The zero-order valence-electron chi connectivity index (χ0n) is 18.5. The summed E-state index contributed by atoms with van der Waals surface area (Å²) in [5.41, 5.74) is 9.18. The minimum atomic E-state index is 0.950. The van der Waals surface area contributed by atoms with E-state index in [1.165, 1.54) is 49.4 Å². The second-order valence-corrected chi connectivity index (χ2v) is 8.93. The van der Waals surface area contributed by atoms with Crippen LogP contribution < -0.4 is 0 Å². The smallest absolute Gasteiger partial charge is 0.143 e. The predicted molar refractivity (Wildman–Crippen MR) is 139 cm³/mol. The lowest BCUT2D eigenvalue weighted by Crippen LogP contribution is -1.96. The molecule has 0 saturated heterocycles. The summed E-state index contributed by atoms with van der Waals surface area (Å²) in [5.74, 6) is 0. The zero-order chi connectivity index (χ0) is 21.9. The zero-order valence-corrected chi connectivity index (χ0v) is 18.5. The first-order valence-electron chi connectivity index (χ1n) is 11.6. The van der Waals surface area contributed by atoms with Crippen LogP contribution in [0.5, 0.6) is 0 Å². The molecule has 0 atom stereocenters. The van der Waals surface area contributed by atoms with E-state index in [1.807, 2.05) is 0 Å². The minimum Gasteiger partial charge on any atom is -0.455 e. The van der Waals surface area contributed by atoms with E-state index in [-0.39, 0.29) is 0 Å². The van der Waals surface area contributed by atoms with Gasteiger partial charge in [0.05, 0.1) is 11.0 Å². The van der Waals surface area contributed by atoms with Gasteiger partial charge >= 0.3 is 0 Å². The lowest BCUT2D eigenvalue weighted by Gasteiger charge is -2.13. The van der Waals surface area contributed by atoms with E-state index >= 15 is 0 Å². The van der Waals surface area contributed by atoms with Crippen molar-refractivity contribution in [2.45, 2.75) is 19.8 Å². The van der Waals surface area contributed by atoms with Crippen molar-refractivity contribution in [1.29, 1.82) is 0 Å². The van der Waals surface area contributed by atoms with Crippen LogP contribution in [0.15, 0.2) is 102 Å². The van der Waals surface area contributed by atoms with Crippen molar-refractivity contribution in [2.24, 2.45) is 0 Å². The van der Waals surface area contributed by atoms with Gasteiger partial charge in [-0.3, -0.25) is 0 Å². The molecule has 33 heavy (non-hydrogen) atoms. The van der Waals surface area contributed by atoms with Crippen molar-refractivity contribution in [3.8, 4) is 5.69 Å². The highest BCUT2D eigenvalue weighted by atomic mass is 16.3. The number of furan rings is 1. The summed E-state index contributed by atoms with van der Waals surface area (Å²) in [6.07, 6.45) is 9.01. The molecular formula is C31H23NO. The van der Waals surface area contributed by atoms with Gasteiger partial charge in [-0.2, -0.15) is 0 Å². The molecule has 0 saturated carbocycles. The average molecular weight is 426 g/mol. The molecule has 0 fully saturated rings. The van der Waals surface area contributed by atoms with Gasteiger partial charge in [0.1, 0.15) is 11.2 Å². The quantitative estimate of drug-likeness (QED) is 0.271. The molecule has 1 aliphatic rings. The number of benzene rings is 4. The fourth-order valence-corrected chi connectivity index (χ4v) is 5.45. The van der Waals surface area contributed by atoms with Gasteiger partial charge in [-0.15, -0.1) is 0 Å². The summed E-state index contributed by atoms with van der Waals surface area (Å²) >= 11 is 0. The molecule has 2 aromatic heterocycles. The molecule has 0 unspecified atom stereocenters. The number of hydrogen-bond donors (Lipinski definition) is 0. The number of nitrogens with zero attached hydrogens (tertiary/aromatic N) is 1. The Bertz CT molecular complexity index is 1720. The molecule has 158 valence electrons. The molecule has 0 spiro atoms. The number of allylic oxidation sites excluding steroid dienone is 4. The van der Waals surface area contributed by atoms with E-state index in [0.29, 0.717) is 0 Å². The van der Waals surface area contributed by atoms with Crippen LogP contribution in [-0.2, 0) is 0 Å². The first kappa shape index (κ1) is 18.5. The van der Waals surface area contributed by atoms with Gasteiger partial charge in [-0.1, -0.05) is 66.8 Å². The lowest BCUT2D eigenvalue weighted by molar-refractivity contribution is 0.667. The Hall–Kier alpha value is -4.04. The minimum absolute atomic E-state index is 0.950. The third kappa shape index (κ3) is 2.67. The van der Waals surface area contributed by atoms with Crippen LogP contribution in [0.3, 0.4) is 0 Å². The van der Waals surface area contributed by atoms with Crippen LogP contribution in [0.2, 0.25) is 0 Å². The average Bonchev–Trinajstić information content (AvgIpc) is 3.40. The highest BCUT2D eigenvalue weighted by Crippen LogP contribution is 2.40. The molecule has 0 N–H and O–H groups in total. The molecule has 4 aromatic carbocycles. The first-order valence-corrected chi connectivity index (χ1v) is 11.6. The molecule has 2 heterocycles. The van der Waals surface area contributed by atoms with Crippen molar-refractivity contribution in [3.63, 3.8) is 0 Å². The van der Waals surface area contributed by atoms with Gasteiger partial charge in [-0.05, 0) is 61.2 Å². The van der Waals surface area contributed by atoms with Crippen LogP contribution in [0.1, 0.15) is 24.0 Å². The SMILES string of the molecule is Cc1cccc2oc3c(C4=CCCC=C4)cc(-n4c5ccccc5c5ccccc54)cc3c12. The first-order chi connectivity index (χ1) is 16.3. The number of aromatic nitrogens is 1. The van der Waals surface area contributed by atoms with Gasteiger partial charge in [0.25, 0.3) is 0 Å². The Morgan fingerprint density at radius 1 is 0.758 bits per heavy atom. The van der Waals surface area contributed by atoms with Crippen LogP contribution >= 0.6 is 0 Å². The molecule has 1 aliphatic carbocycles. The number of rotatable bonds is 2. The second kappa shape index (κ2) is 6.98. The van der Waals surface area contributed by atoms with Gasteiger partial charge in [0, 0.05) is 32.8 Å². The third-order valence-corrected chi connectivity index (χ3v) is 6.93. The van der Waals surface area contributed by atoms with E-state index in [1.54, 1.807) is 0 Å². The van der Waals surface area contributed by atoms with Gasteiger partial charge in [0.2, 0.25) is 0 Å². The van der Waals surface area contributed by atoms with Crippen LogP contribution in [0.25, 0.3) is 55.0 Å². The highest BCUT2D eigenvalue weighted by molar-refractivity contribution is 6.13. The molecule has 2 heteroatoms. The van der Waals surface area contributed by atoms with Crippen molar-refractivity contribution < 1.29 is 4.42 Å². The number of fused-ring (bicyclic) bond motifs is 6. The topological polar surface area (TPSA) is 18.1 Å². The van der Waals surface area contributed by atoms with E-state index in [9.17, 15) is 0 Å². The van der Waals surface area contributed by atoms with Gasteiger partial charge < -0.3 is 8.98 Å². The normalized spacial score (nSPS) is 14.0. The maximum atomic E-state index is 6.48. The Kier molecular flexibility index (Phi) is 3.92. The fraction of sp³-hybridized carbons (Fsp3) is 0.0968. The largest absolute Gasteiger partial charge is 0.455 e. The summed E-state index contributed by atoms with van der Waals surface area (Å²) in [7, 11) is 0. The number of para-hydroxylation sites is 2. The van der Waals surface area contributed by atoms with Crippen LogP contribution in [0, 0.1) is 6.92 Å². The Morgan fingerprint density at radius 2 is 1.52 bits per heavy atom. The fourth-order valence-electron chi connectivity index (χ4n) is 5.45. The molecule has 0 bridgehead atoms. The monoisotopic (exact) mass is 425 g/mol. The van der Waals surface area contributed by atoms with E-state index in [4.69, 9.17) is 4.42 Å². The van der Waals surface area contributed by atoms with Crippen molar-refractivity contribution in [2.75, 3.05) is 0 Å². The summed E-state index contributed by atoms with van der Waals surface area (Å²) in [4.78, 5) is 0. The Labute approximate surface area is 192 Å².